The zero-order valence-corrected chi connectivity index (χ0v) is 13.2. The van der Waals surface area contributed by atoms with Crippen LogP contribution < -0.4 is 10.1 Å². The highest BCUT2D eigenvalue weighted by atomic mass is 16.5. The van der Waals surface area contributed by atoms with E-state index in [4.69, 9.17) is 4.74 Å². The maximum atomic E-state index is 12.1. The Bertz CT molecular complexity index is 452. The average molecular weight is 289 g/mol. The van der Waals surface area contributed by atoms with Crippen LogP contribution in [-0.2, 0) is 4.79 Å². The SMILES string of the molecule is COc1cccc(C(C)NC(=O)CCC2CCCCC2)c1. The summed E-state index contributed by atoms with van der Waals surface area (Å²) in [5.41, 5.74) is 1.08. The van der Waals surface area contributed by atoms with E-state index in [1.807, 2.05) is 31.2 Å². The predicted molar refractivity (Wildman–Crippen MR) is 85.4 cm³/mol. The van der Waals surface area contributed by atoms with E-state index in [0.717, 1.165) is 23.7 Å². The zero-order valence-electron chi connectivity index (χ0n) is 13.2. The van der Waals surface area contributed by atoms with Crippen molar-refractivity contribution in [3.63, 3.8) is 0 Å². The van der Waals surface area contributed by atoms with Gasteiger partial charge < -0.3 is 10.1 Å². The third kappa shape index (κ3) is 5.07. The molecule has 1 atom stereocenters. The summed E-state index contributed by atoms with van der Waals surface area (Å²) >= 11 is 0. The standard InChI is InChI=1S/C18H27NO2/c1-14(16-9-6-10-17(13-16)21-2)19-18(20)12-11-15-7-4-3-5-8-15/h6,9-10,13-15H,3-5,7-8,11-12H2,1-2H3,(H,19,20). The Labute approximate surface area is 128 Å². The van der Waals surface area contributed by atoms with Crippen LogP contribution in [0.1, 0.15) is 63.5 Å². The Hall–Kier alpha value is -1.51. The molecular formula is C18H27NO2. The molecule has 1 aromatic carbocycles. The molecule has 0 aromatic heterocycles. The maximum absolute atomic E-state index is 12.1. The van der Waals surface area contributed by atoms with Gasteiger partial charge in [-0.3, -0.25) is 4.79 Å². The first-order chi connectivity index (χ1) is 10.2. The van der Waals surface area contributed by atoms with Crippen molar-refractivity contribution in [2.24, 2.45) is 5.92 Å². The van der Waals surface area contributed by atoms with E-state index in [2.05, 4.69) is 5.32 Å². The van der Waals surface area contributed by atoms with Crippen molar-refractivity contribution in [3.05, 3.63) is 29.8 Å². The molecule has 21 heavy (non-hydrogen) atoms. The van der Waals surface area contributed by atoms with Gasteiger partial charge in [0, 0.05) is 6.42 Å². The van der Waals surface area contributed by atoms with Gasteiger partial charge in [-0.2, -0.15) is 0 Å². The molecule has 116 valence electrons. The molecule has 0 heterocycles. The van der Waals surface area contributed by atoms with Crippen molar-refractivity contribution < 1.29 is 9.53 Å². The molecule has 0 aliphatic heterocycles. The first kappa shape index (κ1) is 15.9. The van der Waals surface area contributed by atoms with Crippen LogP contribution in [0.4, 0.5) is 0 Å². The summed E-state index contributed by atoms with van der Waals surface area (Å²) in [6.07, 6.45) is 8.35. The van der Waals surface area contributed by atoms with Crippen LogP contribution in [0, 0.1) is 5.92 Å². The zero-order chi connectivity index (χ0) is 15.1. The van der Waals surface area contributed by atoms with E-state index in [-0.39, 0.29) is 11.9 Å². The molecule has 1 N–H and O–H groups in total. The Kier molecular flexibility index (Phi) is 6.09. The minimum atomic E-state index is 0.0268. The Morgan fingerprint density at radius 1 is 1.33 bits per heavy atom. The number of rotatable bonds is 6. The van der Waals surface area contributed by atoms with Crippen molar-refractivity contribution in [1.82, 2.24) is 5.32 Å². The number of ether oxygens (including phenoxy) is 1. The van der Waals surface area contributed by atoms with Crippen molar-refractivity contribution in [2.75, 3.05) is 7.11 Å². The van der Waals surface area contributed by atoms with Crippen molar-refractivity contribution in [2.45, 2.75) is 57.9 Å². The summed E-state index contributed by atoms with van der Waals surface area (Å²) in [4.78, 5) is 12.1. The molecule has 1 unspecified atom stereocenters. The Morgan fingerprint density at radius 2 is 2.10 bits per heavy atom. The summed E-state index contributed by atoms with van der Waals surface area (Å²) in [5, 5.41) is 3.09. The summed E-state index contributed by atoms with van der Waals surface area (Å²) in [5.74, 6) is 1.75. The lowest BCUT2D eigenvalue weighted by molar-refractivity contribution is -0.122. The summed E-state index contributed by atoms with van der Waals surface area (Å²) in [6, 6.07) is 7.90. The van der Waals surface area contributed by atoms with Gasteiger partial charge in [-0.25, -0.2) is 0 Å². The lowest BCUT2D eigenvalue weighted by Gasteiger charge is -2.21. The third-order valence-electron chi connectivity index (χ3n) is 4.48. The molecular weight excluding hydrogens is 262 g/mol. The topological polar surface area (TPSA) is 38.3 Å². The maximum Gasteiger partial charge on any atom is 0.220 e. The third-order valence-corrected chi connectivity index (χ3v) is 4.48. The van der Waals surface area contributed by atoms with Crippen LogP contribution in [0.25, 0.3) is 0 Å². The van der Waals surface area contributed by atoms with E-state index >= 15 is 0 Å². The molecule has 0 radical (unpaired) electrons. The number of hydrogen-bond acceptors (Lipinski definition) is 2. The Morgan fingerprint density at radius 3 is 2.81 bits per heavy atom. The molecule has 0 bridgehead atoms. The molecule has 1 aromatic rings. The molecule has 1 saturated carbocycles. The van der Waals surface area contributed by atoms with E-state index in [9.17, 15) is 4.79 Å². The van der Waals surface area contributed by atoms with Crippen LogP contribution in [0.5, 0.6) is 5.75 Å². The fraction of sp³-hybridized carbons (Fsp3) is 0.611. The van der Waals surface area contributed by atoms with Gasteiger partial charge in [-0.15, -0.1) is 0 Å². The fourth-order valence-electron chi connectivity index (χ4n) is 3.12. The van der Waals surface area contributed by atoms with Crippen LogP contribution in [-0.4, -0.2) is 13.0 Å². The number of carbonyl (C=O) groups excluding carboxylic acids is 1. The lowest BCUT2D eigenvalue weighted by atomic mass is 9.86. The quantitative estimate of drug-likeness (QED) is 0.851. The summed E-state index contributed by atoms with van der Waals surface area (Å²) < 4.78 is 5.22. The number of carbonyl (C=O) groups is 1. The van der Waals surface area contributed by atoms with Gasteiger partial charge >= 0.3 is 0 Å². The predicted octanol–water partition coefficient (Wildman–Crippen LogP) is 4.23. The second-order valence-corrected chi connectivity index (χ2v) is 6.11. The van der Waals surface area contributed by atoms with E-state index in [1.165, 1.54) is 32.1 Å². The van der Waals surface area contributed by atoms with Gasteiger partial charge in [0.25, 0.3) is 0 Å². The van der Waals surface area contributed by atoms with Gasteiger partial charge in [0.1, 0.15) is 5.75 Å². The monoisotopic (exact) mass is 289 g/mol. The van der Waals surface area contributed by atoms with Gasteiger partial charge in [-0.05, 0) is 37.0 Å². The summed E-state index contributed by atoms with van der Waals surface area (Å²) in [6.45, 7) is 2.02. The molecule has 3 heteroatoms. The fourth-order valence-corrected chi connectivity index (χ4v) is 3.12. The molecule has 1 fully saturated rings. The van der Waals surface area contributed by atoms with E-state index in [0.29, 0.717) is 6.42 Å². The number of methoxy groups -OCH3 is 1. The van der Waals surface area contributed by atoms with Gasteiger partial charge in [0.2, 0.25) is 5.91 Å². The molecule has 3 nitrogen and oxygen atoms in total. The van der Waals surface area contributed by atoms with E-state index < -0.39 is 0 Å². The van der Waals surface area contributed by atoms with E-state index in [1.54, 1.807) is 7.11 Å². The molecule has 1 aliphatic carbocycles. The Balaban J connectivity index is 1.78. The van der Waals surface area contributed by atoms with Gasteiger partial charge in [0.05, 0.1) is 13.2 Å². The highest BCUT2D eigenvalue weighted by molar-refractivity contribution is 5.76. The smallest absolute Gasteiger partial charge is 0.220 e. The highest BCUT2D eigenvalue weighted by Gasteiger charge is 2.16. The van der Waals surface area contributed by atoms with Crippen molar-refractivity contribution in [3.8, 4) is 5.75 Å². The first-order valence-corrected chi connectivity index (χ1v) is 8.12. The second kappa shape index (κ2) is 8.06. The van der Waals surface area contributed by atoms with Crippen LogP contribution in [0.3, 0.4) is 0 Å². The highest BCUT2D eigenvalue weighted by Crippen LogP contribution is 2.27. The molecule has 1 aliphatic rings. The first-order valence-electron chi connectivity index (χ1n) is 8.12. The van der Waals surface area contributed by atoms with Crippen LogP contribution in [0.2, 0.25) is 0 Å². The summed E-state index contributed by atoms with van der Waals surface area (Å²) in [7, 11) is 1.66. The lowest BCUT2D eigenvalue weighted by Crippen LogP contribution is -2.27. The molecule has 1 amide bonds. The number of benzene rings is 1. The number of amides is 1. The minimum Gasteiger partial charge on any atom is -0.497 e. The molecule has 0 saturated heterocycles. The molecule has 2 rings (SSSR count). The van der Waals surface area contributed by atoms with Gasteiger partial charge in [-0.1, -0.05) is 44.2 Å². The van der Waals surface area contributed by atoms with Crippen LogP contribution in [0.15, 0.2) is 24.3 Å². The van der Waals surface area contributed by atoms with Crippen molar-refractivity contribution in [1.29, 1.82) is 0 Å². The molecule has 0 spiro atoms. The normalized spacial score (nSPS) is 17.2. The van der Waals surface area contributed by atoms with Gasteiger partial charge in [0.15, 0.2) is 0 Å². The van der Waals surface area contributed by atoms with Crippen LogP contribution >= 0.6 is 0 Å². The van der Waals surface area contributed by atoms with Crippen molar-refractivity contribution >= 4 is 5.91 Å². The second-order valence-electron chi connectivity index (χ2n) is 6.11. The number of nitrogens with one attached hydrogen (secondary N) is 1. The minimum absolute atomic E-state index is 0.0268. The number of hydrogen-bond donors (Lipinski definition) is 1. The average Bonchev–Trinajstić information content (AvgIpc) is 2.54. The largest absolute Gasteiger partial charge is 0.497 e.